The number of rotatable bonds is 55. The second-order valence-electron chi connectivity index (χ2n) is 21.4. The number of phosphoric acid groups is 1. The normalized spacial score (nSPS) is 14.0. The van der Waals surface area contributed by atoms with Crippen LogP contribution in [-0.2, 0) is 32.7 Å². The summed E-state index contributed by atoms with van der Waals surface area (Å²) >= 11 is 0. The van der Waals surface area contributed by atoms with Crippen LogP contribution in [0.15, 0.2) is 109 Å². The van der Waals surface area contributed by atoms with Crippen LogP contribution in [0.2, 0.25) is 0 Å². The van der Waals surface area contributed by atoms with Crippen LogP contribution in [0.4, 0.5) is 0 Å². The Kier molecular flexibility index (Phi) is 53.9. The highest BCUT2D eigenvalue weighted by Gasteiger charge is 2.27. The van der Waals surface area contributed by atoms with Gasteiger partial charge in [-0.25, -0.2) is 4.57 Å². The van der Waals surface area contributed by atoms with Crippen LogP contribution in [0.1, 0.15) is 245 Å². The maximum atomic E-state index is 12.8. The van der Waals surface area contributed by atoms with Crippen molar-refractivity contribution in [2.75, 3.05) is 47.5 Å². The molecule has 436 valence electrons. The van der Waals surface area contributed by atoms with Crippen molar-refractivity contribution >= 4 is 19.8 Å². The van der Waals surface area contributed by atoms with Gasteiger partial charge in [-0.1, -0.05) is 239 Å². The fraction of sp³-hybridized carbons (Fsp3) is 0.697. The number of phosphoric ester groups is 1. The number of ether oxygens (including phenoxy) is 2. The molecule has 2 atom stereocenters. The Hall–Kier alpha value is -3.33. The molecule has 76 heavy (non-hydrogen) atoms. The van der Waals surface area contributed by atoms with Crippen LogP contribution in [0.25, 0.3) is 0 Å². The molecule has 0 rings (SSSR count). The third-order valence-corrected chi connectivity index (χ3v) is 13.8. The predicted molar refractivity (Wildman–Crippen MR) is 325 cm³/mol. The summed E-state index contributed by atoms with van der Waals surface area (Å²) in [5, 5.41) is 0. The zero-order valence-electron chi connectivity index (χ0n) is 49.5. The standard InChI is InChI=1S/C66H114NO8P/c1-6-8-10-12-14-16-18-20-22-24-26-28-30-31-32-33-34-35-37-39-41-43-45-47-49-51-53-55-57-59-66(69)75-64(63-74-76(70,71)73-61-60-67(3,4)5)62-72-65(68)58-56-54-52-50-48-46-44-42-40-38-36-29-27-25-23-21-19-17-15-13-11-9-7-2/h8,10,14,16,20,22,25-28,31-32,34-35,39,41,45,47,64H,6-7,9,11-13,15,17-19,21,23-24,29-30,33,36-38,40,42-44,46,48-63H2,1-5H3/p+1/b10-8-,16-14-,22-20-,27-25-,28-26-,32-31-,35-34-,41-39-,47-45-. The number of unbranched alkanes of at least 4 members (excludes halogenated alkanes) is 23. The lowest BCUT2D eigenvalue weighted by molar-refractivity contribution is -0.870. The fourth-order valence-corrected chi connectivity index (χ4v) is 8.83. The van der Waals surface area contributed by atoms with Gasteiger partial charge in [0.25, 0.3) is 0 Å². The smallest absolute Gasteiger partial charge is 0.462 e. The van der Waals surface area contributed by atoms with E-state index in [1.165, 1.54) is 116 Å². The highest BCUT2D eigenvalue weighted by Crippen LogP contribution is 2.43. The van der Waals surface area contributed by atoms with Crippen molar-refractivity contribution in [2.45, 2.75) is 251 Å². The van der Waals surface area contributed by atoms with E-state index in [2.05, 4.69) is 123 Å². The van der Waals surface area contributed by atoms with E-state index >= 15 is 0 Å². The number of carbonyl (C=O) groups excluding carboxylic acids is 2. The minimum Gasteiger partial charge on any atom is -0.462 e. The van der Waals surface area contributed by atoms with Crippen LogP contribution in [0, 0.1) is 0 Å². The monoisotopic (exact) mass is 1080 g/mol. The van der Waals surface area contributed by atoms with Gasteiger partial charge < -0.3 is 18.9 Å². The summed E-state index contributed by atoms with van der Waals surface area (Å²) in [5.41, 5.74) is 0. The summed E-state index contributed by atoms with van der Waals surface area (Å²) in [6, 6.07) is 0. The lowest BCUT2D eigenvalue weighted by Gasteiger charge is -2.24. The van der Waals surface area contributed by atoms with Crippen molar-refractivity contribution in [3.8, 4) is 0 Å². The molecule has 2 unspecified atom stereocenters. The van der Waals surface area contributed by atoms with Gasteiger partial charge in [0.05, 0.1) is 27.7 Å². The average Bonchev–Trinajstić information content (AvgIpc) is 3.38. The number of quaternary nitrogens is 1. The molecular weight excluding hydrogens is 966 g/mol. The average molecular weight is 1080 g/mol. The summed E-state index contributed by atoms with van der Waals surface area (Å²) in [5.74, 6) is -0.830. The zero-order chi connectivity index (χ0) is 55.6. The third kappa shape index (κ3) is 59.9. The molecule has 0 spiro atoms. The zero-order valence-corrected chi connectivity index (χ0v) is 50.3. The SMILES string of the molecule is CC/C=C\C/C=C\C/C=C\C/C=C\C/C=C\C/C=C\C/C=C\C/C=C\CCCCCCC(=O)OC(COC(=O)CCCCCCCCCCCCC/C=C\CCCCCCCCCC)COP(=O)(O)OCC[N+](C)(C)C. The number of carbonyl (C=O) groups is 2. The van der Waals surface area contributed by atoms with Gasteiger partial charge in [-0.2, -0.15) is 0 Å². The van der Waals surface area contributed by atoms with Crippen molar-refractivity contribution in [3.05, 3.63) is 109 Å². The van der Waals surface area contributed by atoms with E-state index in [1.807, 2.05) is 21.1 Å². The highest BCUT2D eigenvalue weighted by atomic mass is 31.2. The van der Waals surface area contributed by atoms with Crippen LogP contribution >= 0.6 is 7.82 Å². The fourth-order valence-electron chi connectivity index (χ4n) is 8.08. The Morgan fingerprint density at radius 1 is 0.421 bits per heavy atom. The molecule has 0 amide bonds. The first kappa shape index (κ1) is 72.7. The number of allylic oxidation sites excluding steroid dienone is 18. The molecule has 0 saturated heterocycles. The third-order valence-electron chi connectivity index (χ3n) is 12.8. The van der Waals surface area contributed by atoms with Crippen LogP contribution in [0.3, 0.4) is 0 Å². The maximum Gasteiger partial charge on any atom is 0.472 e. The summed E-state index contributed by atoms with van der Waals surface area (Å²) in [6.07, 6.45) is 78.7. The van der Waals surface area contributed by atoms with Gasteiger partial charge in [-0.15, -0.1) is 0 Å². The van der Waals surface area contributed by atoms with E-state index in [-0.39, 0.29) is 32.0 Å². The molecule has 0 fully saturated rings. The van der Waals surface area contributed by atoms with E-state index in [9.17, 15) is 19.0 Å². The predicted octanol–water partition coefficient (Wildman–Crippen LogP) is 19.4. The number of likely N-dealkylation sites (N-methyl/N-ethyl adjacent to an activating group) is 1. The molecule has 0 aromatic carbocycles. The van der Waals surface area contributed by atoms with Gasteiger partial charge in [0.2, 0.25) is 0 Å². The topological polar surface area (TPSA) is 108 Å². The van der Waals surface area contributed by atoms with Crippen molar-refractivity contribution in [2.24, 2.45) is 0 Å². The van der Waals surface area contributed by atoms with E-state index in [0.29, 0.717) is 17.4 Å². The molecule has 0 aliphatic heterocycles. The minimum atomic E-state index is -4.40. The van der Waals surface area contributed by atoms with Crippen LogP contribution in [-0.4, -0.2) is 74.9 Å². The van der Waals surface area contributed by atoms with Gasteiger partial charge in [0, 0.05) is 12.8 Å². The molecule has 0 aromatic rings. The minimum absolute atomic E-state index is 0.0209. The molecule has 0 aliphatic carbocycles. The second kappa shape index (κ2) is 56.4. The van der Waals surface area contributed by atoms with Crippen LogP contribution < -0.4 is 0 Å². The van der Waals surface area contributed by atoms with Crippen molar-refractivity contribution in [3.63, 3.8) is 0 Å². The largest absolute Gasteiger partial charge is 0.472 e. The van der Waals surface area contributed by atoms with E-state index < -0.39 is 26.5 Å². The quantitative estimate of drug-likeness (QED) is 0.0211. The number of hydrogen-bond acceptors (Lipinski definition) is 7. The molecular formula is C66H115NO8P+. The van der Waals surface area contributed by atoms with Crippen molar-refractivity contribution in [1.29, 1.82) is 0 Å². The Balaban J connectivity index is 4.24. The summed E-state index contributed by atoms with van der Waals surface area (Å²) in [7, 11) is 1.45. The first-order chi connectivity index (χ1) is 37.0. The molecule has 0 aliphatic rings. The number of esters is 2. The maximum absolute atomic E-state index is 12.8. The van der Waals surface area contributed by atoms with Gasteiger partial charge in [-0.05, 0) is 103 Å². The molecule has 0 bridgehead atoms. The molecule has 9 nitrogen and oxygen atoms in total. The van der Waals surface area contributed by atoms with E-state index in [0.717, 1.165) is 96.3 Å². The van der Waals surface area contributed by atoms with Gasteiger partial charge in [0.1, 0.15) is 19.8 Å². The first-order valence-corrected chi connectivity index (χ1v) is 32.1. The molecule has 10 heteroatoms. The molecule has 0 heterocycles. The van der Waals surface area contributed by atoms with Gasteiger partial charge in [-0.3, -0.25) is 18.6 Å². The van der Waals surface area contributed by atoms with E-state index in [1.54, 1.807) is 0 Å². The van der Waals surface area contributed by atoms with Gasteiger partial charge in [0.15, 0.2) is 6.10 Å². The summed E-state index contributed by atoms with van der Waals surface area (Å²) < 4.78 is 34.6. The molecule has 0 radical (unpaired) electrons. The lowest BCUT2D eigenvalue weighted by atomic mass is 10.0. The Labute approximate surface area is 467 Å². The van der Waals surface area contributed by atoms with Gasteiger partial charge >= 0.3 is 19.8 Å². The summed E-state index contributed by atoms with van der Waals surface area (Å²) in [6.45, 7) is 4.29. The van der Waals surface area contributed by atoms with Crippen molar-refractivity contribution in [1.82, 2.24) is 0 Å². The number of hydrogen-bond donors (Lipinski definition) is 1. The first-order valence-electron chi connectivity index (χ1n) is 30.6. The van der Waals surface area contributed by atoms with E-state index in [4.69, 9.17) is 18.5 Å². The molecule has 0 saturated carbocycles. The Bertz CT molecular complexity index is 1650. The molecule has 1 N–H and O–H groups in total. The van der Waals surface area contributed by atoms with Crippen LogP contribution in [0.5, 0.6) is 0 Å². The van der Waals surface area contributed by atoms with Crippen molar-refractivity contribution < 1.29 is 42.1 Å². The molecule has 0 aromatic heterocycles. The lowest BCUT2D eigenvalue weighted by Crippen LogP contribution is -2.37. The Morgan fingerprint density at radius 2 is 0.750 bits per heavy atom. The number of nitrogens with zero attached hydrogens (tertiary/aromatic N) is 1. The second-order valence-corrected chi connectivity index (χ2v) is 22.8. The summed E-state index contributed by atoms with van der Waals surface area (Å²) in [4.78, 5) is 35.7. The highest BCUT2D eigenvalue weighted by molar-refractivity contribution is 7.47. The Morgan fingerprint density at radius 3 is 1.13 bits per heavy atom.